The second-order valence-corrected chi connectivity index (χ2v) is 4.91. The molecule has 0 fully saturated rings. The summed E-state index contributed by atoms with van der Waals surface area (Å²) in [5, 5.41) is 2.51. The third-order valence-corrected chi connectivity index (χ3v) is 2.64. The van der Waals surface area contributed by atoms with Crippen LogP contribution in [0.1, 0.15) is 13.3 Å². The minimum Gasteiger partial charge on any atom is -0.370 e. The molecular formula is C10H19F3N2O2S. The van der Waals surface area contributed by atoms with Gasteiger partial charge in [-0.15, -0.1) is 0 Å². The highest BCUT2D eigenvalue weighted by molar-refractivity contribution is 7.98. The molecule has 4 nitrogen and oxygen atoms in total. The summed E-state index contributed by atoms with van der Waals surface area (Å²) in [6.45, 7) is 0.0573. The number of alkyl halides is 3. The molecule has 2 atom stereocenters. The molecular weight excluding hydrogens is 269 g/mol. The molecule has 0 heterocycles. The second kappa shape index (κ2) is 8.60. The van der Waals surface area contributed by atoms with Crippen LogP contribution in [0.5, 0.6) is 0 Å². The van der Waals surface area contributed by atoms with Crippen molar-refractivity contribution in [2.24, 2.45) is 5.73 Å². The first-order valence-electron chi connectivity index (χ1n) is 5.45. The summed E-state index contributed by atoms with van der Waals surface area (Å²) in [5.41, 5.74) is 5.60. The van der Waals surface area contributed by atoms with Crippen molar-refractivity contribution in [3.8, 4) is 0 Å². The van der Waals surface area contributed by atoms with Gasteiger partial charge in [-0.2, -0.15) is 24.9 Å². The number of halogens is 3. The maximum Gasteiger partial charge on any atom is 0.411 e. The van der Waals surface area contributed by atoms with Crippen molar-refractivity contribution in [2.75, 3.05) is 25.2 Å². The van der Waals surface area contributed by atoms with Gasteiger partial charge >= 0.3 is 6.18 Å². The van der Waals surface area contributed by atoms with E-state index in [0.29, 0.717) is 6.42 Å². The Balaban J connectivity index is 3.79. The van der Waals surface area contributed by atoms with Gasteiger partial charge in [0.2, 0.25) is 5.91 Å². The van der Waals surface area contributed by atoms with Gasteiger partial charge < -0.3 is 15.8 Å². The Kier molecular flexibility index (Phi) is 8.38. The number of amides is 1. The fraction of sp³-hybridized carbons (Fsp3) is 0.900. The van der Waals surface area contributed by atoms with E-state index in [9.17, 15) is 18.0 Å². The number of hydrogen-bond donors (Lipinski definition) is 2. The minimum absolute atomic E-state index is 0.194. The van der Waals surface area contributed by atoms with Crippen LogP contribution in [0.4, 0.5) is 13.2 Å². The van der Waals surface area contributed by atoms with Crippen molar-refractivity contribution in [1.82, 2.24) is 5.32 Å². The molecule has 1 amide bonds. The lowest BCUT2D eigenvalue weighted by Crippen LogP contribution is -2.46. The Bertz CT molecular complexity index is 252. The van der Waals surface area contributed by atoms with Crippen LogP contribution in [-0.2, 0) is 9.53 Å². The van der Waals surface area contributed by atoms with E-state index < -0.39 is 24.9 Å². The molecule has 0 aromatic rings. The average Bonchev–Trinajstić information content (AvgIpc) is 2.23. The van der Waals surface area contributed by atoms with Crippen molar-refractivity contribution in [3.63, 3.8) is 0 Å². The van der Waals surface area contributed by atoms with Crippen LogP contribution in [0.15, 0.2) is 0 Å². The van der Waals surface area contributed by atoms with E-state index in [1.54, 1.807) is 18.7 Å². The smallest absolute Gasteiger partial charge is 0.370 e. The number of rotatable bonds is 8. The molecule has 0 radical (unpaired) electrons. The summed E-state index contributed by atoms with van der Waals surface area (Å²) in [7, 11) is 0. The SMILES string of the molecule is CSCC[C@H](N)C(=O)NC(C)COCC(F)(F)F. The predicted molar refractivity (Wildman–Crippen MR) is 65.5 cm³/mol. The van der Waals surface area contributed by atoms with Gasteiger partial charge in [-0.25, -0.2) is 0 Å². The number of carbonyl (C=O) groups excluding carboxylic acids is 1. The molecule has 18 heavy (non-hydrogen) atoms. The van der Waals surface area contributed by atoms with E-state index in [4.69, 9.17) is 5.73 Å². The minimum atomic E-state index is -4.35. The number of hydrogen-bond acceptors (Lipinski definition) is 4. The number of carbonyl (C=O) groups is 1. The molecule has 0 saturated carbocycles. The maximum atomic E-state index is 11.8. The lowest BCUT2D eigenvalue weighted by Gasteiger charge is -2.17. The largest absolute Gasteiger partial charge is 0.411 e. The quantitative estimate of drug-likeness (QED) is 0.703. The molecule has 0 aromatic heterocycles. The van der Waals surface area contributed by atoms with E-state index in [-0.39, 0.29) is 12.5 Å². The molecule has 0 aliphatic rings. The van der Waals surface area contributed by atoms with Crippen LogP contribution in [0.25, 0.3) is 0 Å². The summed E-state index contributed by atoms with van der Waals surface area (Å²) < 4.78 is 39.8. The highest BCUT2D eigenvalue weighted by Crippen LogP contribution is 2.14. The molecule has 0 rings (SSSR count). The van der Waals surface area contributed by atoms with Gasteiger partial charge in [0.05, 0.1) is 12.6 Å². The Morgan fingerprint density at radius 1 is 1.50 bits per heavy atom. The topological polar surface area (TPSA) is 64.4 Å². The molecule has 0 spiro atoms. The zero-order chi connectivity index (χ0) is 14.2. The number of ether oxygens (including phenoxy) is 1. The van der Waals surface area contributed by atoms with E-state index in [2.05, 4.69) is 10.1 Å². The summed E-state index contributed by atoms with van der Waals surface area (Å²) in [6, 6.07) is -1.14. The predicted octanol–water partition coefficient (Wildman–Crippen LogP) is 1.15. The Labute approximate surface area is 109 Å². The van der Waals surface area contributed by atoms with Gasteiger partial charge in [-0.05, 0) is 25.4 Å². The van der Waals surface area contributed by atoms with Crippen molar-refractivity contribution in [1.29, 1.82) is 0 Å². The van der Waals surface area contributed by atoms with Gasteiger partial charge in [0.1, 0.15) is 6.61 Å². The Morgan fingerprint density at radius 3 is 2.61 bits per heavy atom. The van der Waals surface area contributed by atoms with Gasteiger partial charge in [0, 0.05) is 6.04 Å². The number of nitrogens with one attached hydrogen (secondary N) is 1. The van der Waals surface area contributed by atoms with Crippen LogP contribution in [0.3, 0.4) is 0 Å². The Morgan fingerprint density at radius 2 is 2.11 bits per heavy atom. The third kappa shape index (κ3) is 9.55. The van der Waals surface area contributed by atoms with Crippen LogP contribution >= 0.6 is 11.8 Å². The molecule has 0 aliphatic heterocycles. The van der Waals surface area contributed by atoms with Gasteiger partial charge in [-0.3, -0.25) is 4.79 Å². The molecule has 0 aliphatic carbocycles. The van der Waals surface area contributed by atoms with Crippen molar-refractivity contribution >= 4 is 17.7 Å². The summed E-state index contributed by atoms with van der Waals surface area (Å²) in [6.07, 6.45) is -1.92. The highest BCUT2D eigenvalue weighted by atomic mass is 32.2. The first-order chi connectivity index (χ1) is 8.26. The molecule has 0 aromatic carbocycles. The third-order valence-electron chi connectivity index (χ3n) is 1.99. The second-order valence-electron chi connectivity index (χ2n) is 3.93. The molecule has 8 heteroatoms. The first-order valence-corrected chi connectivity index (χ1v) is 6.85. The molecule has 3 N–H and O–H groups in total. The summed E-state index contributed by atoms with van der Waals surface area (Å²) in [4.78, 5) is 11.5. The summed E-state index contributed by atoms with van der Waals surface area (Å²) in [5.74, 6) is 0.389. The van der Waals surface area contributed by atoms with E-state index in [0.717, 1.165) is 5.75 Å². The molecule has 1 unspecified atom stereocenters. The van der Waals surface area contributed by atoms with E-state index in [1.165, 1.54) is 0 Å². The number of thioether (sulfide) groups is 1. The van der Waals surface area contributed by atoms with Crippen LogP contribution < -0.4 is 11.1 Å². The zero-order valence-electron chi connectivity index (χ0n) is 10.4. The molecule has 0 saturated heterocycles. The van der Waals surface area contributed by atoms with Crippen molar-refractivity contribution in [2.45, 2.75) is 31.6 Å². The van der Waals surface area contributed by atoms with Crippen molar-refractivity contribution < 1.29 is 22.7 Å². The van der Waals surface area contributed by atoms with Gasteiger partial charge in [0.25, 0.3) is 0 Å². The monoisotopic (exact) mass is 288 g/mol. The van der Waals surface area contributed by atoms with Gasteiger partial charge in [0.15, 0.2) is 0 Å². The maximum absolute atomic E-state index is 11.8. The Hall–Kier alpha value is -0.470. The highest BCUT2D eigenvalue weighted by Gasteiger charge is 2.27. The fourth-order valence-electron chi connectivity index (χ4n) is 1.12. The van der Waals surface area contributed by atoms with Crippen LogP contribution in [-0.4, -0.2) is 49.4 Å². The standard InChI is InChI=1S/C10H19F3N2O2S/c1-7(5-17-6-10(11,12)13)15-9(16)8(14)3-4-18-2/h7-8H,3-6,14H2,1-2H3,(H,15,16)/t7?,8-/m0/s1. The summed E-state index contributed by atoms with van der Waals surface area (Å²) >= 11 is 1.57. The first kappa shape index (κ1) is 17.5. The zero-order valence-corrected chi connectivity index (χ0v) is 11.2. The van der Waals surface area contributed by atoms with Crippen LogP contribution in [0, 0.1) is 0 Å². The van der Waals surface area contributed by atoms with E-state index >= 15 is 0 Å². The van der Waals surface area contributed by atoms with Crippen LogP contribution in [0.2, 0.25) is 0 Å². The lowest BCUT2D eigenvalue weighted by molar-refractivity contribution is -0.175. The fourth-order valence-corrected chi connectivity index (χ4v) is 1.61. The van der Waals surface area contributed by atoms with Crippen molar-refractivity contribution in [3.05, 3.63) is 0 Å². The molecule has 0 bridgehead atoms. The molecule has 108 valence electrons. The average molecular weight is 288 g/mol. The lowest BCUT2D eigenvalue weighted by atomic mass is 10.2. The normalized spacial score (nSPS) is 15.2. The van der Waals surface area contributed by atoms with E-state index in [1.807, 2.05) is 6.26 Å². The van der Waals surface area contributed by atoms with Gasteiger partial charge in [-0.1, -0.05) is 0 Å². The number of nitrogens with two attached hydrogens (primary N) is 1.